The number of hydrogen-bond donors (Lipinski definition) is 2. The number of nitrogens with one attached hydrogen (secondary N) is 1. The highest BCUT2D eigenvalue weighted by Crippen LogP contribution is 2.50. The Morgan fingerprint density at radius 1 is 0.875 bits per heavy atom. The van der Waals surface area contributed by atoms with Gasteiger partial charge in [0.15, 0.2) is 0 Å². The molecule has 0 spiro atoms. The number of benzene rings is 2. The van der Waals surface area contributed by atoms with E-state index in [1.165, 1.54) is 12.1 Å². The van der Waals surface area contributed by atoms with Crippen LogP contribution in [0.4, 0.5) is 36.4 Å². The van der Waals surface area contributed by atoms with Crippen LogP contribution in [0.2, 0.25) is 0 Å². The number of hydrogen-bond acceptors (Lipinski definition) is 4. The van der Waals surface area contributed by atoms with E-state index in [-0.39, 0.29) is 42.1 Å². The molecule has 0 fully saturated rings. The predicted octanol–water partition coefficient (Wildman–Crippen LogP) is 4.00. The fraction of sp³-hybridized carbons (Fsp3) is 0.316. The van der Waals surface area contributed by atoms with Crippen LogP contribution in [-0.4, -0.2) is 31.7 Å². The van der Waals surface area contributed by atoms with Crippen molar-refractivity contribution in [1.29, 1.82) is 0 Å². The molecule has 2 aromatic carbocycles. The van der Waals surface area contributed by atoms with Gasteiger partial charge in [0.05, 0.1) is 10.6 Å². The second-order valence-electron chi connectivity index (χ2n) is 7.15. The second-order valence-corrected chi connectivity index (χ2v) is 8.83. The van der Waals surface area contributed by atoms with Gasteiger partial charge in [-0.2, -0.15) is 26.3 Å². The van der Waals surface area contributed by atoms with Crippen LogP contribution in [-0.2, 0) is 33.3 Å². The zero-order chi connectivity index (χ0) is 24.1. The first kappa shape index (κ1) is 24.0. The Balaban J connectivity index is 1.94. The molecule has 3 rings (SSSR count). The molecule has 0 bridgehead atoms. The lowest BCUT2D eigenvalue weighted by molar-refractivity contribution is -0.376. The molecule has 2 aromatic rings. The fourth-order valence-electron chi connectivity index (χ4n) is 3.26. The van der Waals surface area contributed by atoms with Crippen molar-refractivity contribution >= 4 is 21.5 Å². The summed E-state index contributed by atoms with van der Waals surface area (Å²) < 4.78 is 119. The number of rotatable bonds is 4. The van der Waals surface area contributed by atoms with E-state index in [1.807, 2.05) is 0 Å². The van der Waals surface area contributed by atoms with Crippen LogP contribution in [0.5, 0.6) is 0 Å². The van der Waals surface area contributed by atoms with Crippen molar-refractivity contribution in [2.45, 2.75) is 42.1 Å². The van der Waals surface area contributed by atoms with Gasteiger partial charge in [-0.05, 0) is 41.8 Å². The standard InChI is InChI=1S/C19H14F7NO4S/c20-15-9-12(17(29,18(21,22)23)19(24,25)26)3-6-16(15)27-32(30,31)14-5-2-10-7-13(28)4-1-11(10)8-14/h2-3,5-6,8-9,27,29H,1,4,7H2. The highest BCUT2D eigenvalue weighted by atomic mass is 32.2. The number of aliphatic hydroxyl groups is 1. The minimum Gasteiger partial charge on any atom is -0.369 e. The number of Topliss-reactive ketones (excluding diaryl/α,β-unsaturated/α-hetero) is 1. The lowest BCUT2D eigenvalue weighted by Crippen LogP contribution is -2.54. The number of alkyl halides is 6. The second kappa shape index (κ2) is 7.73. The molecule has 0 heterocycles. The number of carbonyl (C=O) groups is 1. The monoisotopic (exact) mass is 485 g/mol. The molecule has 174 valence electrons. The van der Waals surface area contributed by atoms with E-state index in [1.54, 1.807) is 4.72 Å². The lowest BCUT2D eigenvalue weighted by atomic mass is 9.91. The molecule has 1 aliphatic carbocycles. The van der Waals surface area contributed by atoms with Crippen molar-refractivity contribution in [2.24, 2.45) is 0 Å². The van der Waals surface area contributed by atoms with Gasteiger partial charge in [-0.15, -0.1) is 0 Å². The fourth-order valence-corrected chi connectivity index (χ4v) is 4.38. The number of sulfonamides is 1. The molecule has 2 N–H and O–H groups in total. The van der Waals surface area contributed by atoms with Gasteiger partial charge in [0, 0.05) is 18.4 Å². The minimum atomic E-state index is -6.22. The van der Waals surface area contributed by atoms with Crippen LogP contribution in [0.3, 0.4) is 0 Å². The van der Waals surface area contributed by atoms with Gasteiger partial charge < -0.3 is 5.11 Å². The Hall–Kier alpha value is -2.67. The summed E-state index contributed by atoms with van der Waals surface area (Å²) in [5.41, 5.74) is -6.95. The van der Waals surface area contributed by atoms with Gasteiger partial charge in [-0.25, -0.2) is 12.8 Å². The Labute approximate surface area is 176 Å². The van der Waals surface area contributed by atoms with Crippen molar-refractivity contribution in [3.8, 4) is 0 Å². The van der Waals surface area contributed by atoms with E-state index < -0.39 is 45.0 Å². The topological polar surface area (TPSA) is 83.5 Å². The van der Waals surface area contributed by atoms with Crippen molar-refractivity contribution in [1.82, 2.24) is 0 Å². The summed E-state index contributed by atoms with van der Waals surface area (Å²) in [6.45, 7) is 0. The van der Waals surface area contributed by atoms with E-state index in [4.69, 9.17) is 0 Å². The third-order valence-corrected chi connectivity index (χ3v) is 6.36. The third kappa shape index (κ3) is 4.18. The van der Waals surface area contributed by atoms with E-state index in [0.717, 1.165) is 6.07 Å². The molecule has 0 aromatic heterocycles. The lowest BCUT2D eigenvalue weighted by Gasteiger charge is -2.32. The van der Waals surface area contributed by atoms with E-state index in [0.29, 0.717) is 17.2 Å². The summed E-state index contributed by atoms with van der Waals surface area (Å²) in [7, 11) is -4.47. The molecule has 0 unspecified atom stereocenters. The van der Waals surface area contributed by atoms with Crippen LogP contribution in [0.15, 0.2) is 41.3 Å². The molecular weight excluding hydrogens is 471 g/mol. The maximum Gasteiger partial charge on any atom is 0.430 e. The molecule has 0 amide bonds. The zero-order valence-electron chi connectivity index (χ0n) is 15.8. The van der Waals surface area contributed by atoms with Crippen molar-refractivity contribution in [3.63, 3.8) is 0 Å². The Kier molecular flexibility index (Phi) is 5.79. The number of ketones is 1. The first-order valence-corrected chi connectivity index (χ1v) is 10.4. The SMILES string of the molecule is O=C1CCc2cc(S(=O)(=O)Nc3ccc(C(O)(C(F)(F)F)C(F)(F)F)cc3F)ccc2C1. The first-order valence-electron chi connectivity index (χ1n) is 8.88. The summed E-state index contributed by atoms with van der Waals surface area (Å²) >= 11 is 0. The average molecular weight is 485 g/mol. The Bertz CT molecular complexity index is 1160. The molecule has 0 saturated carbocycles. The molecule has 1 aliphatic rings. The summed E-state index contributed by atoms with van der Waals surface area (Å²) in [6.07, 6.45) is -11.8. The van der Waals surface area contributed by atoms with Crippen LogP contribution >= 0.6 is 0 Å². The molecular formula is C19H14F7NO4S. The molecule has 0 aliphatic heterocycles. The molecule has 0 atom stereocenters. The van der Waals surface area contributed by atoms with E-state index in [2.05, 4.69) is 0 Å². The van der Waals surface area contributed by atoms with Gasteiger partial charge in [0.2, 0.25) is 0 Å². The van der Waals surface area contributed by atoms with Gasteiger partial charge in [0.1, 0.15) is 11.6 Å². The van der Waals surface area contributed by atoms with Gasteiger partial charge in [-0.3, -0.25) is 9.52 Å². The predicted molar refractivity (Wildman–Crippen MR) is 96.7 cm³/mol. The van der Waals surface area contributed by atoms with Crippen LogP contribution in [0.25, 0.3) is 0 Å². The normalized spacial score (nSPS) is 15.4. The van der Waals surface area contributed by atoms with Crippen molar-refractivity contribution in [2.75, 3.05) is 4.72 Å². The van der Waals surface area contributed by atoms with E-state index >= 15 is 0 Å². The van der Waals surface area contributed by atoms with Crippen LogP contribution in [0, 0.1) is 5.82 Å². The number of anilines is 1. The number of carbonyl (C=O) groups excluding carboxylic acids is 1. The maximum absolute atomic E-state index is 14.3. The van der Waals surface area contributed by atoms with Gasteiger partial charge >= 0.3 is 12.4 Å². The summed E-state index contributed by atoms with van der Waals surface area (Å²) in [5, 5.41) is 9.33. The van der Waals surface area contributed by atoms with Crippen molar-refractivity contribution < 1.29 is 49.1 Å². The first-order chi connectivity index (χ1) is 14.6. The number of fused-ring (bicyclic) bond motifs is 1. The quantitative estimate of drug-likeness (QED) is 0.642. The third-order valence-electron chi connectivity index (χ3n) is 5.00. The Morgan fingerprint density at radius 2 is 1.50 bits per heavy atom. The minimum absolute atomic E-state index is 0.0222. The van der Waals surface area contributed by atoms with Gasteiger partial charge in [-0.1, -0.05) is 12.1 Å². The van der Waals surface area contributed by atoms with Crippen LogP contribution < -0.4 is 4.72 Å². The molecule has 13 heteroatoms. The highest BCUT2D eigenvalue weighted by Gasteiger charge is 2.71. The summed E-state index contributed by atoms with van der Waals surface area (Å²) in [4.78, 5) is 11.1. The maximum atomic E-state index is 14.3. The number of aryl methyl sites for hydroxylation is 1. The van der Waals surface area contributed by atoms with Crippen molar-refractivity contribution in [3.05, 3.63) is 58.9 Å². The Morgan fingerprint density at radius 3 is 2.06 bits per heavy atom. The zero-order valence-corrected chi connectivity index (χ0v) is 16.6. The molecule has 32 heavy (non-hydrogen) atoms. The summed E-state index contributed by atoms with van der Waals surface area (Å²) in [5.74, 6) is -1.78. The highest BCUT2D eigenvalue weighted by molar-refractivity contribution is 7.92. The molecule has 5 nitrogen and oxygen atoms in total. The van der Waals surface area contributed by atoms with Crippen LogP contribution in [0.1, 0.15) is 23.1 Å². The summed E-state index contributed by atoms with van der Waals surface area (Å²) in [6, 6.07) is 4.02. The number of halogens is 7. The molecule has 0 radical (unpaired) electrons. The van der Waals surface area contributed by atoms with E-state index in [9.17, 15) is 49.1 Å². The smallest absolute Gasteiger partial charge is 0.369 e. The van der Waals surface area contributed by atoms with Gasteiger partial charge in [0.25, 0.3) is 15.6 Å². The average Bonchev–Trinajstić information content (AvgIpc) is 2.66. The largest absolute Gasteiger partial charge is 0.430 e. The molecule has 0 saturated heterocycles.